The minimum Gasteiger partial charge on any atom is -0.284 e. The third-order valence-electron chi connectivity index (χ3n) is 4.08. The third-order valence-corrected chi connectivity index (χ3v) is 8.44. The summed E-state index contributed by atoms with van der Waals surface area (Å²) in [5.41, 5.74) is 0. The van der Waals surface area contributed by atoms with Crippen LogP contribution in [0, 0.1) is 23.7 Å². The van der Waals surface area contributed by atoms with Gasteiger partial charge in [0.25, 0.3) is 20.2 Å². The van der Waals surface area contributed by atoms with Gasteiger partial charge in [-0.3, -0.25) is 9.11 Å². The molecule has 0 rings (SSSR count). The van der Waals surface area contributed by atoms with Crippen LogP contribution in [0.1, 0.15) is 41.5 Å². The van der Waals surface area contributed by atoms with Crippen molar-refractivity contribution >= 4 is 20.2 Å². The molecule has 6 nitrogen and oxygen atoms in total. The Morgan fingerprint density at radius 3 is 1.00 bits per heavy atom. The average Bonchev–Trinajstić information content (AvgIpc) is 2.12. The molecule has 0 bridgehead atoms. The van der Waals surface area contributed by atoms with E-state index in [0.717, 1.165) is 0 Å². The van der Waals surface area contributed by atoms with E-state index in [2.05, 4.69) is 0 Å². The lowest BCUT2D eigenvalue weighted by molar-refractivity contribution is 0.226. The molecule has 2 N–H and O–H groups in total. The van der Waals surface area contributed by atoms with Gasteiger partial charge in [0, 0.05) is 0 Å². The summed E-state index contributed by atoms with van der Waals surface area (Å²) in [6.07, 6.45) is 0. The molecule has 19 heavy (non-hydrogen) atoms. The fourth-order valence-corrected chi connectivity index (χ4v) is 6.45. The van der Waals surface area contributed by atoms with Crippen LogP contribution in [0.25, 0.3) is 0 Å². The summed E-state index contributed by atoms with van der Waals surface area (Å²) in [5.74, 6) is -2.64. The van der Waals surface area contributed by atoms with Crippen molar-refractivity contribution in [3.05, 3.63) is 0 Å². The molecule has 0 aliphatic heterocycles. The molecule has 116 valence electrons. The molecule has 8 heteroatoms. The van der Waals surface area contributed by atoms with Crippen molar-refractivity contribution in [2.45, 2.75) is 45.6 Å². The van der Waals surface area contributed by atoms with Gasteiger partial charge in [-0.1, -0.05) is 41.5 Å². The summed E-state index contributed by atoms with van der Waals surface area (Å²) in [6, 6.07) is 0. The van der Waals surface area contributed by atoms with Crippen molar-refractivity contribution in [3.8, 4) is 0 Å². The Morgan fingerprint density at radius 2 is 0.895 bits per heavy atom. The molecule has 0 amide bonds. The van der Waals surface area contributed by atoms with Gasteiger partial charge in [-0.15, -0.1) is 0 Å². The van der Waals surface area contributed by atoms with E-state index in [1.165, 1.54) is 13.8 Å². The van der Waals surface area contributed by atoms with Crippen molar-refractivity contribution < 1.29 is 25.9 Å². The van der Waals surface area contributed by atoms with Crippen LogP contribution in [0.2, 0.25) is 0 Å². The molecule has 0 heterocycles. The number of rotatable bonds is 6. The smallest absolute Gasteiger partial charge is 0.284 e. The normalized spacial score (nSPS) is 17.8. The van der Waals surface area contributed by atoms with E-state index in [1.54, 1.807) is 27.7 Å². The molecular formula is C11H24O6S2. The van der Waals surface area contributed by atoms with Gasteiger partial charge in [0.2, 0.25) is 4.08 Å². The zero-order valence-corrected chi connectivity index (χ0v) is 13.8. The van der Waals surface area contributed by atoms with E-state index in [4.69, 9.17) is 0 Å². The lowest BCUT2D eigenvalue weighted by Crippen LogP contribution is -2.58. The third kappa shape index (κ3) is 3.12. The lowest BCUT2D eigenvalue weighted by atomic mass is 9.82. The van der Waals surface area contributed by atoms with Crippen LogP contribution in [0.3, 0.4) is 0 Å². The summed E-state index contributed by atoms with van der Waals surface area (Å²) in [4.78, 5) is 0. The summed E-state index contributed by atoms with van der Waals surface area (Å²) < 4.78 is 63.7. The zero-order chi connectivity index (χ0) is 15.8. The average molecular weight is 316 g/mol. The Kier molecular flexibility index (Phi) is 5.62. The summed E-state index contributed by atoms with van der Waals surface area (Å²) >= 11 is 0. The minimum atomic E-state index is -5.01. The SMILES string of the molecule is CC(C)C(C)C(C(C)C(C)C)(S(=O)(=O)O)S(=O)(=O)O. The van der Waals surface area contributed by atoms with Crippen LogP contribution < -0.4 is 0 Å². The summed E-state index contributed by atoms with van der Waals surface area (Å²) in [6.45, 7) is 9.38. The molecule has 0 aliphatic rings. The van der Waals surface area contributed by atoms with E-state index >= 15 is 0 Å². The minimum absolute atomic E-state index is 0.356. The highest BCUT2D eigenvalue weighted by atomic mass is 32.3. The van der Waals surface area contributed by atoms with Crippen LogP contribution in [0.5, 0.6) is 0 Å². The van der Waals surface area contributed by atoms with Gasteiger partial charge in [-0.25, -0.2) is 0 Å². The van der Waals surface area contributed by atoms with E-state index in [9.17, 15) is 25.9 Å². The molecular weight excluding hydrogens is 292 g/mol. The highest BCUT2D eigenvalue weighted by molar-refractivity contribution is 8.05. The Morgan fingerprint density at radius 1 is 0.684 bits per heavy atom. The van der Waals surface area contributed by atoms with Crippen molar-refractivity contribution in [2.24, 2.45) is 23.7 Å². The zero-order valence-electron chi connectivity index (χ0n) is 12.2. The largest absolute Gasteiger partial charge is 0.288 e. The second kappa shape index (κ2) is 5.67. The highest BCUT2D eigenvalue weighted by Gasteiger charge is 2.63. The Bertz CT molecular complexity index is 455. The molecule has 0 saturated heterocycles. The van der Waals surface area contributed by atoms with Crippen LogP contribution in [-0.4, -0.2) is 30.0 Å². The highest BCUT2D eigenvalue weighted by Crippen LogP contribution is 2.45. The maximum Gasteiger partial charge on any atom is 0.288 e. The summed E-state index contributed by atoms with van der Waals surface area (Å²) in [7, 11) is -10.0. The van der Waals surface area contributed by atoms with Crippen molar-refractivity contribution in [1.82, 2.24) is 0 Å². The van der Waals surface area contributed by atoms with Crippen LogP contribution in [-0.2, 0) is 20.2 Å². The molecule has 0 aliphatic carbocycles. The van der Waals surface area contributed by atoms with E-state index in [0.29, 0.717) is 0 Å². The Labute approximate surface area is 116 Å². The van der Waals surface area contributed by atoms with E-state index < -0.39 is 36.2 Å². The topological polar surface area (TPSA) is 109 Å². The first-order valence-electron chi connectivity index (χ1n) is 6.15. The molecule has 2 atom stereocenters. The van der Waals surface area contributed by atoms with Crippen LogP contribution in [0.4, 0.5) is 0 Å². The molecule has 0 aromatic heterocycles. The predicted molar refractivity (Wildman–Crippen MR) is 73.8 cm³/mol. The standard InChI is InChI=1S/C11H24O6S2/c1-7(2)9(5)11(18(12,13)14,19(15,16)17)10(6)8(3)4/h7-10H,1-6H3,(H,12,13,14)(H,15,16,17). The predicted octanol–water partition coefficient (Wildman–Crippen LogP) is 2.04. The summed E-state index contributed by atoms with van der Waals surface area (Å²) in [5, 5.41) is 0. The quantitative estimate of drug-likeness (QED) is 0.726. The van der Waals surface area contributed by atoms with Crippen molar-refractivity contribution in [2.75, 3.05) is 0 Å². The number of hydrogen-bond acceptors (Lipinski definition) is 4. The second-order valence-corrected chi connectivity index (χ2v) is 9.25. The Hall–Kier alpha value is -0.180. The van der Waals surface area contributed by atoms with Gasteiger partial charge in [-0.05, 0) is 23.7 Å². The maximum absolute atomic E-state index is 11.8. The van der Waals surface area contributed by atoms with E-state index in [1.807, 2.05) is 0 Å². The fourth-order valence-electron chi connectivity index (χ4n) is 2.42. The number of hydrogen-bond donors (Lipinski definition) is 2. The van der Waals surface area contributed by atoms with Crippen LogP contribution >= 0.6 is 0 Å². The molecule has 0 aromatic carbocycles. The monoisotopic (exact) mass is 316 g/mol. The molecule has 0 saturated carbocycles. The lowest BCUT2D eigenvalue weighted by Gasteiger charge is -2.41. The van der Waals surface area contributed by atoms with E-state index in [-0.39, 0.29) is 11.8 Å². The molecule has 0 spiro atoms. The first-order valence-corrected chi connectivity index (χ1v) is 9.03. The maximum atomic E-state index is 11.8. The van der Waals surface area contributed by atoms with Crippen molar-refractivity contribution in [1.29, 1.82) is 0 Å². The van der Waals surface area contributed by atoms with Gasteiger partial charge >= 0.3 is 0 Å². The first kappa shape index (κ1) is 18.8. The van der Waals surface area contributed by atoms with Gasteiger partial charge in [0.05, 0.1) is 0 Å². The first-order chi connectivity index (χ1) is 8.21. The van der Waals surface area contributed by atoms with Gasteiger partial charge in [-0.2, -0.15) is 16.8 Å². The Balaban J connectivity index is 6.58. The molecule has 0 aromatic rings. The van der Waals surface area contributed by atoms with Gasteiger partial charge < -0.3 is 0 Å². The van der Waals surface area contributed by atoms with Crippen LogP contribution in [0.15, 0.2) is 0 Å². The van der Waals surface area contributed by atoms with Gasteiger partial charge in [0.1, 0.15) is 0 Å². The van der Waals surface area contributed by atoms with Crippen molar-refractivity contribution in [3.63, 3.8) is 0 Å². The molecule has 0 radical (unpaired) electrons. The second-order valence-electron chi connectivity index (χ2n) is 5.74. The molecule has 2 unspecified atom stereocenters. The fraction of sp³-hybridized carbons (Fsp3) is 1.00. The molecule has 0 fully saturated rings. The van der Waals surface area contributed by atoms with Gasteiger partial charge in [0.15, 0.2) is 0 Å².